The number of rotatable bonds is 5. The lowest BCUT2D eigenvalue weighted by Gasteiger charge is -2.38. The summed E-state index contributed by atoms with van der Waals surface area (Å²) >= 11 is 0. The second-order valence-electron chi connectivity index (χ2n) is 7.15. The molecule has 0 aromatic heterocycles. The molecule has 5 heteroatoms. The van der Waals surface area contributed by atoms with Crippen LogP contribution in [0.5, 0.6) is 0 Å². The summed E-state index contributed by atoms with van der Waals surface area (Å²) in [6, 6.07) is 14.8. The standard InChI is InChI=1S/C21H25N3OS/c1-26(25)14-13-23-19-7-4-8-20-17(19)11-12-21(22,24-20)18-10-9-15-5-2-3-6-16(15)18/h2-8,11-12,18,23-24H,9-10,13-14,22H2,1H3/t18?,21-,26?/m1/s1. The molecular weight excluding hydrogens is 342 g/mol. The van der Waals surface area contributed by atoms with Crippen LogP contribution in [0.3, 0.4) is 0 Å². The van der Waals surface area contributed by atoms with Gasteiger partial charge in [-0.05, 0) is 42.2 Å². The number of nitrogens with two attached hydrogens (primary N) is 1. The highest BCUT2D eigenvalue weighted by atomic mass is 32.2. The van der Waals surface area contributed by atoms with Crippen molar-refractivity contribution >= 4 is 28.3 Å². The third kappa shape index (κ3) is 3.17. The summed E-state index contributed by atoms with van der Waals surface area (Å²) < 4.78 is 11.3. The molecular formula is C21H25N3OS. The van der Waals surface area contributed by atoms with E-state index < -0.39 is 16.5 Å². The van der Waals surface area contributed by atoms with E-state index in [9.17, 15) is 4.21 Å². The van der Waals surface area contributed by atoms with Gasteiger partial charge in [0.05, 0.1) is 0 Å². The molecule has 3 atom stereocenters. The predicted octanol–water partition coefficient (Wildman–Crippen LogP) is 3.30. The third-order valence-electron chi connectivity index (χ3n) is 5.40. The van der Waals surface area contributed by atoms with Gasteiger partial charge in [-0.2, -0.15) is 0 Å². The second-order valence-corrected chi connectivity index (χ2v) is 8.71. The number of hydrogen-bond donors (Lipinski definition) is 3. The van der Waals surface area contributed by atoms with Crippen LogP contribution in [0.2, 0.25) is 0 Å². The quantitative estimate of drug-likeness (QED) is 0.759. The molecule has 2 aromatic rings. The summed E-state index contributed by atoms with van der Waals surface area (Å²) in [4.78, 5) is 0. The monoisotopic (exact) mass is 367 g/mol. The van der Waals surface area contributed by atoms with Crippen molar-refractivity contribution in [1.29, 1.82) is 0 Å². The highest BCUT2D eigenvalue weighted by Gasteiger charge is 2.39. The molecule has 0 saturated heterocycles. The zero-order valence-corrected chi connectivity index (χ0v) is 15.8. The first-order valence-electron chi connectivity index (χ1n) is 9.08. The maximum atomic E-state index is 11.3. The molecule has 2 unspecified atom stereocenters. The van der Waals surface area contributed by atoms with Gasteiger partial charge in [0.15, 0.2) is 0 Å². The van der Waals surface area contributed by atoms with E-state index >= 15 is 0 Å². The molecule has 0 fully saturated rings. The molecule has 2 aliphatic rings. The zero-order valence-electron chi connectivity index (χ0n) is 15.0. The number of aryl methyl sites for hydroxylation is 1. The van der Waals surface area contributed by atoms with Gasteiger partial charge in [-0.15, -0.1) is 0 Å². The van der Waals surface area contributed by atoms with Crippen molar-refractivity contribution in [3.63, 3.8) is 0 Å². The molecule has 2 aromatic carbocycles. The van der Waals surface area contributed by atoms with Crippen LogP contribution in [0.15, 0.2) is 48.5 Å². The van der Waals surface area contributed by atoms with Gasteiger partial charge in [0.2, 0.25) is 0 Å². The largest absolute Gasteiger partial charge is 0.384 e. The number of hydrogen-bond acceptors (Lipinski definition) is 4. The maximum absolute atomic E-state index is 11.3. The lowest BCUT2D eigenvalue weighted by molar-refractivity contribution is 0.468. The lowest BCUT2D eigenvalue weighted by atomic mass is 9.84. The summed E-state index contributed by atoms with van der Waals surface area (Å²) in [5.74, 6) is 0.905. The minimum absolute atomic E-state index is 0.266. The average Bonchev–Trinajstić information content (AvgIpc) is 3.06. The molecule has 136 valence electrons. The van der Waals surface area contributed by atoms with E-state index in [1.165, 1.54) is 11.1 Å². The number of fused-ring (bicyclic) bond motifs is 2. The fourth-order valence-electron chi connectivity index (χ4n) is 4.09. The van der Waals surface area contributed by atoms with Gasteiger partial charge in [0.25, 0.3) is 0 Å². The summed E-state index contributed by atoms with van der Waals surface area (Å²) in [6.07, 6.45) is 8.09. The van der Waals surface area contributed by atoms with Crippen molar-refractivity contribution < 1.29 is 4.21 Å². The van der Waals surface area contributed by atoms with Crippen LogP contribution in [-0.4, -0.2) is 28.4 Å². The summed E-state index contributed by atoms with van der Waals surface area (Å²) in [7, 11) is -0.792. The van der Waals surface area contributed by atoms with Crippen molar-refractivity contribution in [3.8, 4) is 0 Å². The lowest BCUT2D eigenvalue weighted by Crippen LogP contribution is -2.51. The highest BCUT2D eigenvalue weighted by Crippen LogP contribution is 2.43. The molecule has 0 saturated carbocycles. The van der Waals surface area contributed by atoms with Gasteiger partial charge in [-0.3, -0.25) is 4.21 Å². The van der Waals surface area contributed by atoms with Crippen molar-refractivity contribution in [1.82, 2.24) is 0 Å². The van der Waals surface area contributed by atoms with E-state index in [-0.39, 0.29) is 5.92 Å². The summed E-state index contributed by atoms with van der Waals surface area (Å²) in [5.41, 5.74) is 12.2. The Bertz CT molecular complexity index is 879. The maximum Gasteiger partial charge on any atom is 0.112 e. The molecule has 0 radical (unpaired) electrons. The highest BCUT2D eigenvalue weighted by molar-refractivity contribution is 7.84. The number of benzene rings is 2. The number of nitrogens with one attached hydrogen (secondary N) is 2. The van der Waals surface area contributed by atoms with Gasteiger partial charge in [-0.25, -0.2) is 0 Å². The molecule has 1 aliphatic carbocycles. The molecule has 0 spiro atoms. The van der Waals surface area contributed by atoms with Crippen LogP contribution in [0.4, 0.5) is 11.4 Å². The Labute approximate surface area is 157 Å². The Balaban J connectivity index is 1.59. The first kappa shape index (κ1) is 17.3. The SMILES string of the molecule is CS(=O)CCNc1cccc2c1C=C[C@](N)(C1CCc3ccccc31)N2. The number of anilines is 2. The van der Waals surface area contributed by atoms with Crippen molar-refractivity contribution in [2.75, 3.05) is 29.2 Å². The Morgan fingerprint density at radius 1 is 1.27 bits per heavy atom. The normalized spacial score (nSPS) is 24.5. The average molecular weight is 368 g/mol. The van der Waals surface area contributed by atoms with Gasteiger partial charge < -0.3 is 16.4 Å². The van der Waals surface area contributed by atoms with E-state index in [0.29, 0.717) is 12.3 Å². The summed E-state index contributed by atoms with van der Waals surface area (Å²) in [5, 5.41) is 6.98. The van der Waals surface area contributed by atoms with E-state index in [1.807, 2.05) is 6.07 Å². The predicted molar refractivity (Wildman–Crippen MR) is 111 cm³/mol. The Kier molecular flexibility index (Phi) is 4.59. The minimum atomic E-state index is -0.792. The van der Waals surface area contributed by atoms with Crippen molar-refractivity contribution in [2.24, 2.45) is 5.73 Å². The van der Waals surface area contributed by atoms with E-state index in [1.54, 1.807) is 6.26 Å². The van der Waals surface area contributed by atoms with Crippen LogP contribution in [-0.2, 0) is 17.2 Å². The molecule has 4 rings (SSSR count). The van der Waals surface area contributed by atoms with Gasteiger partial charge in [0, 0.05) is 52.2 Å². The fraction of sp³-hybridized carbons (Fsp3) is 0.333. The van der Waals surface area contributed by atoms with E-state index in [0.717, 1.165) is 29.8 Å². The molecule has 0 bridgehead atoms. The van der Waals surface area contributed by atoms with Crippen LogP contribution in [0.1, 0.15) is 29.0 Å². The van der Waals surface area contributed by atoms with Crippen molar-refractivity contribution in [3.05, 3.63) is 65.2 Å². The van der Waals surface area contributed by atoms with Crippen LogP contribution in [0, 0.1) is 0 Å². The first-order valence-corrected chi connectivity index (χ1v) is 10.8. The topological polar surface area (TPSA) is 67.2 Å². The summed E-state index contributed by atoms with van der Waals surface area (Å²) in [6.45, 7) is 0.692. The van der Waals surface area contributed by atoms with Gasteiger partial charge in [0.1, 0.15) is 5.66 Å². The first-order chi connectivity index (χ1) is 12.6. The van der Waals surface area contributed by atoms with Crippen LogP contribution < -0.4 is 16.4 Å². The van der Waals surface area contributed by atoms with E-state index in [2.05, 4.69) is 59.2 Å². The Morgan fingerprint density at radius 2 is 2.12 bits per heavy atom. The second kappa shape index (κ2) is 6.89. The Hall–Kier alpha value is -2.11. The van der Waals surface area contributed by atoms with Crippen molar-refractivity contribution in [2.45, 2.75) is 24.4 Å². The van der Waals surface area contributed by atoms with E-state index in [4.69, 9.17) is 5.73 Å². The molecule has 4 N–H and O–H groups in total. The minimum Gasteiger partial charge on any atom is -0.384 e. The molecule has 4 nitrogen and oxygen atoms in total. The molecule has 26 heavy (non-hydrogen) atoms. The fourth-order valence-corrected chi connectivity index (χ4v) is 4.48. The third-order valence-corrected chi connectivity index (χ3v) is 6.18. The van der Waals surface area contributed by atoms with Crippen LogP contribution >= 0.6 is 0 Å². The molecule has 1 heterocycles. The molecule has 0 amide bonds. The van der Waals surface area contributed by atoms with Gasteiger partial charge in [-0.1, -0.05) is 36.4 Å². The Morgan fingerprint density at radius 3 is 2.96 bits per heavy atom. The van der Waals surface area contributed by atoms with Crippen LogP contribution in [0.25, 0.3) is 6.08 Å². The molecule has 1 aliphatic heterocycles. The zero-order chi connectivity index (χ0) is 18.1. The van der Waals surface area contributed by atoms with Gasteiger partial charge >= 0.3 is 0 Å². The smallest absolute Gasteiger partial charge is 0.112 e.